The lowest BCUT2D eigenvalue weighted by atomic mass is 9.98. The van der Waals surface area contributed by atoms with Crippen LogP contribution in [-0.4, -0.2) is 54.1 Å². The van der Waals surface area contributed by atoms with Gasteiger partial charge in [-0.2, -0.15) is 0 Å². The van der Waals surface area contributed by atoms with Crippen LogP contribution in [0.4, 0.5) is 0 Å². The number of aromatic nitrogens is 1. The van der Waals surface area contributed by atoms with Gasteiger partial charge in [0.25, 0.3) is 0 Å². The smallest absolute Gasteiger partial charge is 0.0671 e. The third-order valence-corrected chi connectivity index (χ3v) is 4.10. The molecule has 0 aromatic carbocycles. The highest BCUT2D eigenvalue weighted by molar-refractivity contribution is 5.11. The number of rotatable bonds is 4. The summed E-state index contributed by atoms with van der Waals surface area (Å²) < 4.78 is 0. The molecule has 1 saturated heterocycles. The standard InChI is InChI=1S/C15H26N4/c1-12(16)15(14-8-4-5-9-17-14)19(3)13-7-6-10-18(2)11-13/h4-5,8-9,12-13,15H,6-7,10-11,16H2,1-3H3. The highest BCUT2D eigenvalue weighted by Gasteiger charge is 2.30. The van der Waals surface area contributed by atoms with Crippen molar-refractivity contribution < 1.29 is 0 Å². The van der Waals surface area contributed by atoms with Crippen LogP contribution in [0.1, 0.15) is 31.5 Å². The van der Waals surface area contributed by atoms with Gasteiger partial charge in [-0.05, 0) is 52.5 Å². The van der Waals surface area contributed by atoms with Crippen LogP contribution >= 0.6 is 0 Å². The van der Waals surface area contributed by atoms with Crippen LogP contribution < -0.4 is 5.73 Å². The van der Waals surface area contributed by atoms with Crippen molar-refractivity contribution >= 4 is 0 Å². The zero-order valence-electron chi connectivity index (χ0n) is 12.3. The number of hydrogen-bond donors (Lipinski definition) is 1. The minimum Gasteiger partial charge on any atom is -0.326 e. The minimum atomic E-state index is 0.0760. The molecule has 1 aliphatic heterocycles. The first-order chi connectivity index (χ1) is 9.09. The van der Waals surface area contributed by atoms with Gasteiger partial charge in [-0.1, -0.05) is 6.07 Å². The highest BCUT2D eigenvalue weighted by atomic mass is 15.2. The molecular formula is C15H26N4. The minimum absolute atomic E-state index is 0.0760. The van der Waals surface area contributed by atoms with Crippen molar-refractivity contribution in [1.29, 1.82) is 0 Å². The Balaban J connectivity index is 2.15. The summed E-state index contributed by atoms with van der Waals surface area (Å²) in [6.45, 7) is 4.39. The van der Waals surface area contributed by atoms with Crippen LogP contribution in [0, 0.1) is 0 Å². The SMILES string of the molecule is CC(N)C(c1ccccn1)N(C)C1CCCN(C)C1. The maximum atomic E-state index is 6.22. The molecule has 3 atom stereocenters. The number of piperidine rings is 1. The van der Waals surface area contributed by atoms with Crippen molar-refractivity contribution in [2.24, 2.45) is 5.73 Å². The van der Waals surface area contributed by atoms with Gasteiger partial charge in [0.2, 0.25) is 0 Å². The first-order valence-corrected chi connectivity index (χ1v) is 7.16. The van der Waals surface area contributed by atoms with Crippen LogP contribution in [0.3, 0.4) is 0 Å². The predicted octanol–water partition coefficient (Wildman–Crippen LogP) is 1.50. The Bertz CT molecular complexity index is 379. The molecule has 106 valence electrons. The lowest BCUT2D eigenvalue weighted by Gasteiger charge is -2.41. The lowest BCUT2D eigenvalue weighted by molar-refractivity contribution is 0.0875. The summed E-state index contributed by atoms with van der Waals surface area (Å²) in [5.74, 6) is 0. The van der Waals surface area contributed by atoms with E-state index in [2.05, 4.69) is 41.9 Å². The van der Waals surface area contributed by atoms with E-state index in [1.165, 1.54) is 19.4 Å². The topological polar surface area (TPSA) is 45.4 Å². The average molecular weight is 262 g/mol. The van der Waals surface area contributed by atoms with Gasteiger partial charge in [0, 0.05) is 24.8 Å². The van der Waals surface area contributed by atoms with E-state index in [1.54, 1.807) is 0 Å². The molecule has 2 N–H and O–H groups in total. The fourth-order valence-electron chi connectivity index (χ4n) is 3.10. The monoisotopic (exact) mass is 262 g/mol. The molecule has 19 heavy (non-hydrogen) atoms. The Labute approximate surface area is 116 Å². The number of likely N-dealkylation sites (N-methyl/N-ethyl adjacent to an activating group) is 2. The number of likely N-dealkylation sites (tertiary alicyclic amines) is 1. The quantitative estimate of drug-likeness (QED) is 0.893. The second-order valence-electron chi connectivity index (χ2n) is 5.78. The van der Waals surface area contributed by atoms with Gasteiger partial charge in [-0.15, -0.1) is 0 Å². The number of nitrogens with zero attached hydrogens (tertiary/aromatic N) is 3. The Morgan fingerprint density at radius 2 is 2.26 bits per heavy atom. The van der Waals surface area contributed by atoms with E-state index in [-0.39, 0.29) is 12.1 Å². The molecular weight excluding hydrogens is 236 g/mol. The van der Waals surface area contributed by atoms with Crippen molar-refractivity contribution in [2.45, 2.75) is 37.9 Å². The van der Waals surface area contributed by atoms with Crippen molar-refractivity contribution in [3.05, 3.63) is 30.1 Å². The zero-order valence-corrected chi connectivity index (χ0v) is 12.3. The molecule has 0 amide bonds. The fourth-order valence-corrected chi connectivity index (χ4v) is 3.10. The molecule has 1 aromatic rings. The fraction of sp³-hybridized carbons (Fsp3) is 0.667. The molecule has 1 fully saturated rings. The van der Waals surface area contributed by atoms with E-state index in [9.17, 15) is 0 Å². The third-order valence-electron chi connectivity index (χ3n) is 4.10. The summed E-state index contributed by atoms with van der Waals surface area (Å²) in [5.41, 5.74) is 7.29. The maximum Gasteiger partial charge on any atom is 0.0671 e. The lowest BCUT2D eigenvalue weighted by Crippen LogP contribution is -2.49. The van der Waals surface area contributed by atoms with Gasteiger partial charge >= 0.3 is 0 Å². The second-order valence-corrected chi connectivity index (χ2v) is 5.78. The Kier molecular flexibility index (Phi) is 4.91. The van der Waals surface area contributed by atoms with E-state index in [0.717, 1.165) is 12.2 Å². The summed E-state index contributed by atoms with van der Waals surface area (Å²) >= 11 is 0. The molecule has 2 rings (SSSR count). The molecule has 4 heteroatoms. The molecule has 1 aliphatic rings. The van der Waals surface area contributed by atoms with Gasteiger partial charge in [0.05, 0.1) is 11.7 Å². The van der Waals surface area contributed by atoms with Gasteiger partial charge in [-0.3, -0.25) is 9.88 Å². The van der Waals surface area contributed by atoms with Crippen LogP contribution in [0.5, 0.6) is 0 Å². The highest BCUT2D eigenvalue weighted by Crippen LogP contribution is 2.25. The molecule has 0 spiro atoms. The van der Waals surface area contributed by atoms with Crippen molar-refractivity contribution in [3.63, 3.8) is 0 Å². The molecule has 1 aromatic heterocycles. The summed E-state index contributed by atoms with van der Waals surface area (Å²) in [6, 6.07) is 6.91. The molecule has 4 nitrogen and oxygen atoms in total. The van der Waals surface area contributed by atoms with Crippen LogP contribution in [0.2, 0.25) is 0 Å². The average Bonchev–Trinajstić information content (AvgIpc) is 2.39. The van der Waals surface area contributed by atoms with E-state index in [0.29, 0.717) is 6.04 Å². The molecule has 2 heterocycles. The van der Waals surface area contributed by atoms with Crippen LogP contribution in [0.25, 0.3) is 0 Å². The van der Waals surface area contributed by atoms with Gasteiger partial charge < -0.3 is 10.6 Å². The maximum absolute atomic E-state index is 6.22. The van der Waals surface area contributed by atoms with E-state index >= 15 is 0 Å². The summed E-state index contributed by atoms with van der Waals surface area (Å²) in [5, 5.41) is 0. The van der Waals surface area contributed by atoms with Gasteiger partial charge in [0.15, 0.2) is 0 Å². The third kappa shape index (κ3) is 3.53. The molecule has 0 saturated carbocycles. The van der Waals surface area contributed by atoms with Gasteiger partial charge in [-0.25, -0.2) is 0 Å². The Morgan fingerprint density at radius 1 is 1.47 bits per heavy atom. The molecule has 0 aliphatic carbocycles. The largest absolute Gasteiger partial charge is 0.326 e. The van der Waals surface area contributed by atoms with Crippen LogP contribution in [-0.2, 0) is 0 Å². The molecule has 0 radical (unpaired) electrons. The Hall–Kier alpha value is -0.970. The van der Waals surface area contributed by atoms with E-state index in [4.69, 9.17) is 5.73 Å². The zero-order chi connectivity index (χ0) is 13.8. The normalized spacial score (nSPS) is 24.4. The van der Waals surface area contributed by atoms with Gasteiger partial charge in [0.1, 0.15) is 0 Å². The Morgan fingerprint density at radius 3 is 2.84 bits per heavy atom. The van der Waals surface area contributed by atoms with Crippen LogP contribution in [0.15, 0.2) is 24.4 Å². The first kappa shape index (κ1) is 14.4. The van der Waals surface area contributed by atoms with E-state index < -0.39 is 0 Å². The summed E-state index contributed by atoms with van der Waals surface area (Å²) in [7, 11) is 4.38. The second kappa shape index (κ2) is 6.46. The summed E-state index contributed by atoms with van der Waals surface area (Å²) in [4.78, 5) is 9.32. The number of hydrogen-bond acceptors (Lipinski definition) is 4. The number of pyridine rings is 1. The molecule has 3 unspecified atom stereocenters. The first-order valence-electron chi connectivity index (χ1n) is 7.16. The predicted molar refractivity (Wildman–Crippen MR) is 78.9 cm³/mol. The van der Waals surface area contributed by atoms with Crippen molar-refractivity contribution in [3.8, 4) is 0 Å². The number of nitrogens with two attached hydrogens (primary N) is 1. The van der Waals surface area contributed by atoms with Crippen molar-refractivity contribution in [1.82, 2.24) is 14.8 Å². The summed E-state index contributed by atoms with van der Waals surface area (Å²) in [6.07, 6.45) is 4.36. The van der Waals surface area contributed by atoms with Crippen molar-refractivity contribution in [2.75, 3.05) is 27.2 Å². The molecule has 0 bridgehead atoms. The van der Waals surface area contributed by atoms with E-state index in [1.807, 2.05) is 18.3 Å².